The molecule has 2 unspecified atom stereocenters. The summed E-state index contributed by atoms with van der Waals surface area (Å²) in [5, 5.41) is 3.11. The maximum absolute atomic E-state index is 12.2. The van der Waals surface area contributed by atoms with E-state index in [4.69, 9.17) is 0 Å². The van der Waals surface area contributed by atoms with Crippen molar-refractivity contribution < 1.29 is 9.59 Å². The van der Waals surface area contributed by atoms with Crippen molar-refractivity contribution in [3.8, 4) is 0 Å². The number of hydrogen-bond acceptors (Lipinski definition) is 3. The van der Waals surface area contributed by atoms with Crippen molar-refractivity contribution in [2.24, 2.45) is 5.92 Å². The molecule has 0 spiro atoms. The quantitative estimate of drug-likeness (QED) is 0.819. The lowest BCUT2D eigenvalue weighted by Gasteiger charge is -2.33. The summed E-state index contributed by atoms with van der Waals surface area (Å²) in [6.45, 7) is 5.64. The van der Waals surface area contributed by atoms with Crippen molar-refractivity contribution in [3.63, 3.8) is 0 Å². The Hall–Kier alpha value is -0.900. The molecule has 0 radical (unpaired) electrons. The number of likely N-dealkylation sites (tertiary alicyclic amines) is 1. The minimum atomic E-state index is 0.124. The fourth-order valence-corrected chi connectivity index (χ4v) is 3.87. The maximum atomic E-state index is 12.2. The number of carbonyl (C=O) groups excluding carboxylic acids is 2. The molecule has 1 N–H and O–H groups in total. The van der Waals surface area contributed by atoms with E-state index in [0.717, 1.165) is 51.5 Å². The van der Waals surface area contributed by atoms with Crippen LogP contribution in [0.1, 0.15) is 65.2 Å². The molecule has 1 aliphatic carbocycles. The predicted octanol–water partition coefficient (Wildman–Crippen LogP) is 2.51. The molecule has 1 saturated heterocycles. The molecule has 0 aromatic carbocycles. The van der Waals surface area contributed by atoms with Crippen molar-refractivity contribution in [2.75, 3.05) is 13.1 Å². The van der Waals surface area contributed by atoms with Gasteiger partial charge in [0.2, 0.25) is 5.91 Å². The van der Waals surface area contributed by atoms with Crippen LogP contribution < -0.4 is 5.32 Å². The number of nitrogens with zero attached hydrogens (tertiary/aromatic N) is 1. The average Bonchev–Trinajstić information content (AvgIpc) is 2.93. The third kappa shape index (κ3) is 4.29. The van der Waals surface area contributed by atoms with E-state index in [1.54, 1.807) is 0 Å². The van der Waals surface area contributed by atoms with Gasteiger partial charge in [0.05, 0.1) is 6.54 Å². The van der Waals surface area contributed by atoms with Crippen molar-refractivity contribution in [2.45, 2.75) is 77.3 Å². The van der Waals surface area contributed by atoms with Crippen LogP contribution in [0.5, 0.6) is 0 Å². The normalized spacial score (nSPS) is 27.3. The van der Waals surface area contributed by atoms with Gasteiger partial charge >= 0.3 is 0 Å². The minimum Gasteiger partial charge on any atom is -0.352 e. The highest BCUT2D eigenvalue weighted by Gasteiger charge is 2.37. The van der Waals surface area contributed by atoms with E-state index >= 15 is 0 Å². The second kappa shape index (κ2) is 7.92. The van der Waals surface area contributed by atoms with Crippen LogP contribution in [-0.4, -0.2) is 41.8 Å². The summed E-state index contributed by atoms with van der Waals surface area (Å²) in [6.07, 6.45) is 8.14. The Bertz CT molecular complexity index is 366. The van der Waals surface area contributed by atoms with Crippen LogP contribution in [0.25, 0.3) is 0 Å². The Balaban J connectivity index is 1.89. The standard InChI is InChI=1S/C17H30N2O2/c1-3-13(4-2)18-17(21)12-19-11-7-9-15(19)14-8-5-6-10-16(14)20/h13-15H,3-12H2,1-2H3,(H,18,21). The molecule has 2 rings (SSSR count). The molecule has 21 heavy (non-hydrogen) atoms. The van der Waals surface area contributed by atoms with Gasteiger partial charge in [0.1, 0.15) is 5.78 Å². The number of rotatable bonds is 6. The van der Waals surface area contributed by atoms with Gasteiger partial charge in [-0.05, 0) is 45.1 Å². The lowest BCUT2D eigenvalue weighted by atomic mass is 9.82. The van der Waals surface area contributed by atoms with Gasteiger partial charge in [-0.2, -0.15) is 0 Å². The highest BCUT2D eigenvalue weighted by Crippen LogP contribution is 2.32. The molecule has 1 aliphatic heterocycles. The fraction of sp³-hybridized carbons (Fsp3) is 0.882. The fourth-order valence-electron chi connectivity index (χ4n) is 3.87. The Labute approximate surface area is 128 Å². The SMILES string of the molecule is CCC(CC)NC(=O)CN1CCCC1C1CCCCC1=O. The Morgan fingerprint density at radius 1 is 1.24 bits per heavy atom. The van der Waals surface area contributed by atoms with E-state index in [0.29, 0.717) is 18.4 Å². The van der Waals surface area contributed by atoms with Gasteiger partial charge < -0.3 is 5.32 Å². The van der Waals surface area contributed by atoms with Gasteiger partial charge in [0, 0.05) is 24.4 Å². The lowest BCUT2D eigenvalue weighted by Crippen LogP contribution is -2.47. The van der Waals surface area contributed by atoms with E-state index in [2.05, 4.69) is 24.1 Å². The number of Topliss-reactive ketones (excluding diaryl/α,β-unsaturated/α-hetero) is 1. The molecule has 120 valence electrons. The van der Waals surface area contributed by atoms with Gasteiger partial charge in [0.25, 0.3) is 0 Å². The molecule has 0 aromatic heterocycles. The van der Waals surface area contributed by atoms with Gasteiger partial charge in [-0.15, -0.1) is 0 Å². The summed E-state index contributed by atoms with van der Waals surface area (Å²) < 4.78 is 0. The third-order valence-electron chi connectivity index (χ3n) is 5.18. The minimum absolute atomic E-state index is 0.124. The van der Waals surface area contributed by atoms with E-state index < -0.39 is 0 Å². The maximum Gasteiger partial charge on any atom is 0.234 e. The van der Waals surface area contributed by atoms with E-state index in [9.17, 15) is 9.59 Å². The van der Waals surface area contributed by atoms with Crippen LogP contribution in [0.4, 0.5) is 0 Å². The Kier molecular flexibility index (Phi) is 6.22. The van der Waals surface area contributed by atoms with Crippen LogP contribution >= 0.6 is 0 Å². The molecular formula is C17H30N2O2. The molecule has 0 bridgehead atoms. The first kappa shape index (κ1) is 16.5. The van der Waals surface area contributed by atoms with E-state index in [-0.39, 0.29) is 17.9 Å². The first-order valence-electron chi connectivity index (χ1n) is 8.71. The Morgan fingerprint density at radius 3 is 2.67 bits per heavy atom. The lowest BCUT2D eigenvalue weighted by molar-refractivity contribution is -0.129. The molecule has 1 amide bonds. The molecule has 4 heteroatoms. The zero-order valence-electron chi connectivity index (χ0n) is 13.6. The molecule has 4 nitrogen and oxygen atoms in total. The topological polar surface area (TPSA) is 49.4 Å². The van der Waals surface area contributed by atoms with E-state index in [1.165, 1.54) is 6.42 Å². The van der Waals surface area contributed by atoms with Crippen LogP contribution in [0.2, 0.25) is 0 Å². The second-order valence-electron chi connectivity index (χ2n) is 6.58. The number of ketones is 1. The molecular weight excluding hydrogens is 264 g/mol. The molecule has 2 aliphatic rings. The van der Waals surface area contributed by atoms with Crippen LogP contribution in [0, 0.1) is 5.92 Å². The third-order valence-corrected chi connectivity index (χ3v) is 5.18. The zero-order valence-corrected chi connectivity index (χ0v) is 13.6. The first-order valence-corrected chi connectivity index (χ1v) is 8.71. The number of hydrogen-bond donors (Lipinski definition) is 1. The highest BCUT2D eigenvalue weighted by molar-refractivity contribution is 5.82. The smallest absolute Gasteiger partial charge is 0.234 e. The van der Waals surface area contributed by atoms with Crippen molar-refractivity contribution in [3.05, 3.63) is 0 Å². The van der Waals surface area contributed by atoms with Crippen LogP contribution in [0.3, 0.4) is 0 Å². The Morgan fingerprint density at radius 2 is 2.00 bits per heavy atom. The molecule has 2 fully saturated rings. The average molecular weight is 294 g/mol. The summed E-state index contributed by atoms with van der Waals surface area (Å²) in [6, 6.07) is 0.597. The van der Waals surface area contributed by atoms with Crippen molar-refractivity contribution >= 4 is 11.7 Å². The molecule has 2 atom stereocenters. The summed E-state index contributed by atoms with van der Waals surface area (Å²) in [7, 11) is 0. The largest absolute Gasteiger partial charge is 0.352 e. The molecule has 0 aromatic rings. The summed E-state index contributed by atoms with van der Waals surface area (Å²) in [5.41, 5.74) is 0. The highest BCUT2D eigenvalue weighted by atomic mass is 16.2. The van der Waals surface area contributed by atoms with Gasteiger partial charge in [-0.1, -0.05) is 20.3 Å². The van der Waals surface area contributed by atoms with Crippen LogP contribution in [0.15, 0.2) is 0 Å². The number of amides is 1. The second-order valence-corrected chi connectivity index (χ2v) is 6.58. The first-order chi connectivity index (χ1) is 10.2. The van der Waals surface area contributed by atoms with Gasteiger partial charge in [-0.25, -0.2) is 0 Å². The zero-order chi connectivity index (χ0) is 15.2. The summed E-state index contributed by atoms with van der Waals surface area (Å²) in [4.78, 5) is 26.6. The van der Waals surface area contributed by atoms with Crippen molar-refractivity contribution in [1.82, 2.24) is 10.2 Å². The van der Waals surface area contributed by atoms with Crippen LogP contribution in [-0.2, 0) is 9.59 Å². The van der Waals surface area contributed by atoms with Crippen molar-refractivity contribution in [1.29, 1.82) is 0 Å². The molecule has 1 heterocycles. The summed E-state index contributed by atoms with van der Waals surface area (Å²) >= 11 is 0. The van der Waals surface area contributed by atoms with Gasteiger partial charge in [-0.3, -0.25) is 14.5 Å². The molecule has 1 saturated carbocycles. The number of carbonyl (C=O) groups is 2. The monoisotopic (exact) mass is 294 g/mol. The number of nitrogens with one attached hydrogen (secondary N) is 1. The van der Waals surface area contributed by atoms with E-state index in [1.807, 2.05) is 0 Å². The summed E-state index contributed by atoms with van der Waals surface area (Å²) in [5.74, 6) is 0.736. The predicted molar refractivity (Wildman–Crippen MR) is 84.1 cm³/mol. The van der Waals surface area contributed by atoms with Gasteiger partial charge in [0.15, 0.2) is 0 Å².